The van der Waals surface area contributed by atoms with Crippen LogP contribution in [0, 0.1) is 0 Å². The summed E-state index contributed by atoms with van der Waals surface area (Å²) in [6, 6.07) is 11.6. The second-order valence-corrected chi connectivity index (χ2v) is 8.66. The van der Waals surface area contributed by atoms with E-state index in [1.807, 2.05) is 47.3 Å². The fourth-order valence-electron chi connectivity index (χ4n) is 4.42. The van der Waals surface area contributed by atoms with Crippen LogP contribution in [0.3, 0.4) is 0 Å². The molecular weight excluding hydrogens is 431 g/mol. The van der Waals surface area contributed by atoms with Crippen molar-refractivity contribution < 1.29 is 0 Å². The van der Waals surface area contributed by atoms with Gasteiger partial charge in [0.05, 0.1) is 16.2 Å². The van der Waals surface area contributed by atoms with Crippen LogP contribution in [-0.2, 0) is 5.41 Å². The van der Waals surface area contributed by atoms with Gasteiger partial charge < -0.3 is 10.6 Å². The molecular formula is C23H22Cl2N6. The van der Waals surface area contributed by atoms with Crippen molar-refractivity contribution >= 4 is 34.5 Å². The van der Waals surface area contributed by atoms with E-state index in [4.69, 9.17) is 28.9 Å². The van der Waals surface area contributed by atoms with Gasteiger partial charge in [-0.1, -0.05) is 35.3 Å². The molecule has 0 aliphatic carbocycles. The van der Waals surface area contributed by atoms with Gasteiger partial charge >= 0.3 is 0 Å². The molecule has 3 aromatic heterocycles. The van der Waals surface area contributed by atoms with Crippen molar-refractivity contribution in [1.82, 2.24) is 19.4 Å². The Kier molecular flexibility index (Phi) is 5.30. The van der Waals surface area contributed by atoms with Crippen LogP contribution in [0.1, 0.15) is 18.5 Å². The topological polar surface area (TPSA) is 72.3 Å². The molecule has 6 nitrogen and oxygen atoms in total. The number of benzene rings is 1. The molecule has 5 rings (SSSR count). The number of piperidine rings is 1. The maximum atomic E-state index is 6.45. The van der Waals surface area contributed by atoms with Crippen molar-refractivity contribution in [2.75, 3.05) is 24.5 Å². The molecule has 4 aromatic rings. The summed E-state index contributed by atoms with van der Waals surface area (Å²) in [6.07, 6.45) is 9.24. The normalized spacial score (nSPS) is 16.0. The number of pyridine rings is 1. The van der Waals surface area contributed by atoms with Crippen molar-refractivity contribution in [3.63, 3.8) is 0 Å². The number of nitrogens with two attached hydrogens (primary N) is 1. The van der Waals surface area contributed by atoms with Gasteiger partial charge in [0.1, 0.15) is 11.3 Å². The molecule has 158 valence electrons. The highest BCUT2D eigenvalue weighted by atomic mass is 35.5. The molecule has 1 aliphatic rings. The minimum atomic E-state index is -0.0947. The number of nitrogens with zero attached hydrogens (tertiary/aromatic N) is 5. The Labute approximate surface area is 190 Å². The van der Waals surface area contributed by atoms with Crippen LogP contribution in [0.5, 0.6) is 0 Å². The SMILES string of the molecule is NCC1(c2ccccn2)CCN(c2nccn3c(-c4cccc(Cl)c4Cl)ncc23)CC1. The van der Waals surface area contributed by atoms with E-state index in [-0.39, 0.29) is 5.41 Å². The molecule has 1 aliphatic heterocycles. The second-order valence-electron chi connectivity index (χ2n) is 7.88. The quantitative estimate of drug-likeness (QED) is 0.489. The smallest absolute Gasteiger partial charge is 0.154 e. The minimum absolute atomic E-state index is 0.0947. The van der Waals surface area contributed by atoms with Gasteiger partial charge in [0.25, 0.3) is 0 Å². The standard InChI is InChI=1S/C23H22Cl2N6/c24-17-5-3-4-16(20(17)25)21-29-14-18-22(28-10-13-31(18)21)30-11-7-23(15-26,8-12-30)19-6-1-2-9-27-19/h1-6,9-10,13-14H,7-8,11-12,15,26H2. The third-order valence-corrected chi connectivity index (χ3v) is 7.07. The van der Waals surface area contributed by atoms with Crippen molar-refractivity contribution in [2.45, 2.75) is 18.3 Å². The lowest BCUT2D eigenvalue weighted by atomic mass is 9.75. The molecule has 8 heteroatoms. The number of rotatable bonds is 4. The number of imidazole rings is 1. The zero-order chi connectivity index (χ0) is 21.4. The summed E-state index contributed by atoms with van der Waals surface area (Å²) in [7, 11) is 0. The zero-order valence-electron chi connectivity index (χ0n) is 16.9. The summed E-state index contributed by atoms with van der Waals surface area (Å²) in [5.41, 5.74) is 8.94. The highest BCUT2D eigenvalue weighted by Crippen LogP contribution is 2.37. The van der Waals surface area contributed by atoms with Crippen LogP contribution in [0.15, 0.2) is 61.2 Å². The molecule has 0 saturated carbocycles. The van der Waals surface area contributed by atoms with E-state index in [0.29, 0.717) is 16.6 Å². The van der Waals surface area contributed by atoms with Crippen LogP contribution in [0.2, 0.25) is 10.0 Å². The van der Waals surface area contributed by atoms with Gasteiger partial charge in [0.2, 0.25) is 0 Å². The lowest BCUT2D eigenvalue weighted by Gasteiger charge is -2.41. The summed E-state index contributed by atoms with van der Waals surface area (Å²) in [5, 5.41) is 1.00. The Morgan fingerprint density at radius 3 is 2.55 bits per heavy atom. The molecule has 0 amide bonds. The van der Waals surface area contributed by atoms with Gasteiger partial charge in [-0.15, -0.1) is 0 Å². The summed E-state index contributed by atoms with van der Waals surface area (Å²) < 4.78 is 2.02. The fraction of sp³-hybridized carbons (Fsp3) is 0.261. The average molecular weight is 453 g/mol. The third kappa shape index (κ3) is 3.45. The minimum Gasteiger partial charge on any atom is -0.355 e. The van der Waals surface area contributed by atoms with Gasteiger partial charge in [0, 0.05) is 54.9 Å². The van der Waals surface area contributed by atoms with Crippen molar-refractivity contribution in [2.24, 2.45) is 5.73 Å². The van der Waals surface area contributed by atoms with Crippen LogP contribution >= 0.6 is 23.2 Å². The van der Waals surface area contributed by atoms with Crippen molar-refractivity contribution in [3.05, 3.63) is 76.9 Å². The fourth-order valence-corrected chi connectivity index (χ4v) is 4.81. The predicted octanol–water partition coefficient (Wildman–Crippen LogP) is 4.60. The largest absolute Gasteiger partial charge is 0.355 e. The molecule has 0 atom stereocenters. The van der Waals surface area contributed by atoms with E-state index < -0.39 is 0 Å². The summed E-state index contributed by atoms with van der Waals surface area (Å²) >= 11 is 12.7. The first-order chi connectivity index (χ1) is 15.1. The monoisotopic (exact) mass is 452 g/mol. The molecule has 1 fully saturated rings. The first kappa shape index (κ1) is 20.2. The number of aromatic nitrogens is 4. The Morgan fingerprint density at radius 1 is 0.968 bits per heavy atom. The summed E-state index contributed by atoms with van der Waals surface area (Å²) in [6.45, 7) is 2.28. The maximum Gasteiger partial charge on any atom is 0.154 e. The summed E-state index contributed by atoms with van der Waals surface area (Å²) in [5.74, 6) is 1.65. The van der Waals surface area contributed by atoms with E-state index in [1.54, 1.807) is 12.3 Å². The maximum absolute atomic E-state index is 6.45. The van der Waals surface area contributed by atoms with Gasteiger partial charge in [-0.2, -0.15) is 0 Å². The Bertz CT molecular complexity index is 1220. The highest BCUT2D eigenvalue weighted by molar-refractivity contribution is 6.43. The number of hydrogen-bond donors (Lipinski definition) is 1. The second kappa shape index (κ2) is 8.11. The molecule has 0 unspecified atom stereocenters. The molecule has 0 bridgehead atoms. The molecule has 1 aromatic carbocycles. The van der Waals surface area contributed by atoms with Crippen LogP contribution in [-0.4, -0.2) is 39.0 Å². The first-order valence-corrected chi connectivity index (χ1v) is 11.0. The van der Waals surface area contributed by atoms with E-state index in [9.17, 15) is 0 Å². The third-order valence-electron chi connectivity index (χ3n) is 6.25. The van der Waals surface area contributed by atoms with Crippen LogP contribution < -0.4 is 10.6 Å². The van der Waals surface area contributed by atoms with Crippen LogP contribution in [0.4, 0.5) is 5.82 Å². The van der Waals surface area contributed by atoms with E-state index in [0.717, 1.165) is 54.3 Å². The average Bonchev–Trinajstić information content (AvgIpc) is 3.26. The zero-order valence-corrected chi connectivity index (χ0v) is 18.4. The van der Waals surface area contributed by atoms with Gasteiger partial charge in [-0.25, -0.2) is 9.97 Å². The molecule has 2 N–H and O–H groups in total. The molecule has 4 heterocycles. The Morgan fingerprint density at radius 2 is 1.81 bits per heavy atom. The number of hydrogen-bond acceptors (Lipinski definition) is 5. The molecule has 1 saturated heterocycles. The van der Waals surface area contributed by atoms with Crippen molar-refractivity contribution in [3.8, 4) is 11.4 Å². The first-order valence-electron chi connectivity index (χ1n) is 10.3. The van der Waals surface area contributed by atoms with E-state index in [1.165, 1.54) is 0 Å². The van der Waals surface area contributed by atoms with Gasteiger partial charge in [0.15, 0.2) is 5.82 Å². The number of anilines is 1. The van der Waals surface area contributed by atoms with Crippen molar-refractivity contribution in [1.29, 1.82) is 0 Å². The Hall–Kier alpha value is -2.67. The van der Waals surface area contributed by atoms with Crippen LogP contribution in [0.25, 0.3) is 16.9 Å². The molecule has 0 radical (unpaired) electrons. The van der Waals surface area contributed by atoms with E-state index in [2.05, 4.69) is 25.9 Å². The lowest BCUT2D eigenvalue weighted by Crippen LogP contribution is -2.47. The molecule has 31 heavy (non-hydrogen) atoms. The molecule has 0 spiro atoms. The van der Waals surface area contributed by atoms with E-state index >= 15 is 0 Å². The lowest BCUT2D eigenvalue weighted by molar-refractivity contribution is 0.331. The number of fused-ring (bicyclic) bond motifs is 1. The highest BCUT2D eigenvalue weighted by Gasteiger charge is 2.37. The van der Waals surface area contributed by atoms with Gasteiger partial charge in [-0.3, -0.25) is 9.38 Å². The van der Waals surface area contributed by atoms with Gasteiger partial charge in [-0.05, 0) is 37.1 Å². The summed E-state index contributed by atoms with van der Waals surface area (Å²) in [4.78, 5) is 16.2. The number of halogens is 2. The Balaban J connectivity index is 1.47. The predicted molar refractivity (Wildman–Crippen MR) is 125 cm³/mol.